The van der Waals surface area contributed by atoms with Crippen LogP contribution in [0.5, 0.6) is 0 Å². The van der Waals surface area contributed by atoms with Gasteiger partial charge in [0.05, 0.1) is 16.8 Å². The van der Waals surface area contributed by atoms with E-state index >= 15 is 0 Å². The van der Waals surface area contributed by atoms with Crippen molar-refractivity contribution in [3.05, 3.63) is 22.4 Å². The number of sulfonamides is 1. The minimum atomic E-state index is -3.90. The van der Waals surface area contributed by atoms with E-state index in [1.807, 2.05) is 0 Å². The van der Waals surface area contributed by atoms with Gasteiger partial charge in [0.1, 0.15) is 17.3 Å². The van der Waals surface area contributed by atoms with Gasteiger partial charge in [-0.05, 0) is 28.1 Å². The van der Waals surface area contributed by atoms with Crippen molar-refractivity contribution >= 4 is 37.5 Å². The van der Waals surface area contributed by atoms with E-state index in [1.165, 1.54) is 0 Å². The topological polar surface area (TPSA) is 125 Å². The highest BCUT2D eigenvalue weighted by atomic mass is 79.9. The smallest absolute Gasteiger partial charge is 0.243 e. The molecule has 0 unspecified atom stereocenters. The van der Waals surface area contributed by atoms with Crippen molar-refractivity contribution in [2.45, 2.75) is 4.90 Å². The minimum absolute atomic E-state index is 0.0166. The first-order valence-electron chi connectivity index (χ1n) is 5.34. The molecule has 1 rings (SSSR count). The second kappa shape index (κ2) is 6.97. The molecule has 0 radical (unpaired) electrons. The molecule has 0 bridgehead atoms. The van der Waals surface area contributed by atoms with E-state index in [4.69, 9.17) is 16.2 Å². The summed E-state index contributed by atoms with van der Waals surface area (Å²) in [5.74, 6) is -1.31. The number of halogens is 2. The SMILES string of the molecule is NC(=O)COCCNS(=O)(=O)c1cc(Br)c(F)cc1N. The molecule has 0 fully saturated rings. The third-order valence-corrected chi connectivity index (χ3v) is 4.25. The van der Waals surface area contributed by atoms with Gasteiger partial charge in [0.15, 0.2) is 0 Å². The van der Waals surface area contributed by atoms with Crippen LogP contribution in [0, 0.1) is 5.82 Å². The zero-order valence-corrected chi connectivity index (χ0v) is 12.6. The van der Waals surface area contributed by atoms with Crippen LogP contribution in [0.4, 0.5) is 10.1 Å². The van der Waals surface area contributed by atoms with Gasteiger partial charge in [-0.2, -0.15) is 0 Å². The quantitative estimate of drug-likeness (QED) is 0.459. The van der Waals surface area contributed by atoms with Gasteiger partial charge in [-0.25, -0.2) is 17.5 Å². The molecule has 1 amide bonds. The third kappa shape index (κ3) is 4.71. The van der Waals surface area contributed by atoms with E-state index in [0.29, 0.717) is 0 Å². The van der Waals surface area contributed by atoms with Crippen LogP contribution in [-0.4, -0.2) is 34.1 Å². The Balaban J connectivity index is 2.70. The molecule has 7 nitrogen and oxygen atoms in total. The molecule has 1 aromatic rings. The summed E-state index contributed by atoms with van der Waals surface area (Å²) in [6.07, 6.45) is 0. The number of nitrogens with one attached hydrogen (secondary N) is 1. The van der Waals surface area contributed by atoms with E-state index in [-0.39, 0.29) is 34.8 Å². The van der Waals surface area contributed by atoms with E-state index in [2.05, 4.69) is 20.7 Å². The number of nitrogen functional groups attached to an aromatic ring is 1. The summed E-state index contributed by atoms with van der Waals surface area (Å²) in [5, 5.41) is 0. The molecular weight excluding hydrogens is 357 g/mol. The number of carbonyl (C=O) groups excluding carboxylic acids is 1. The summed E-state index contributed by atoms with van der Waals surface area (Å²) in [5.41, 5.74) is 10.1. The molecule has 112 valence electrons. The van der Waals surface area contributed by atoms with Crippen LogP contribution in [0.2, 0.25) is 0 Å². The lowest BCUT2D eigenvalue weighted by molar-refractivity contribution is -0.122. The van der Waals surface area contributed by atoms with E-state index in [0.717, 1.165) is 12.1 Å². The Morgan fingerprint density at radius 3 is 2.70 bits per heavy atom. The second-order valence-corrected chi connectivity index (χ2v) is 6.31. The first-order valence-corrected chi connectivity index (χ1v) is 7.62. The van der Waals surface area contributed by atoms with Gasteiger partial charge in [-0.1, -0.05) is 0 Å². The molecule has 0 saturated heterocycles. The van der Waals surface area contributed by atoms with Crippen molar-refractivity contribution in [3.8, 4) is 0 Å². The number of rotatable bonds is 7. The minimum Gasteiger partial charge on any atom is -0.398 e. The molecule has 5 N–H and O–H groups in total. The molecule has 0 atom stereocenters. The Morgan fingerprint density at radius 1 is 1.45 bits per heavy atom. The van der Waals surface area contributed by atoms with Crippen LogP contribution >= 0.6 is 15.9 Å². The van der Waals surface area contributed by atoms with Gasteiger partial charge in [-0.15, -0.1) is 0 Å². The number of primary amides is 1. The maximum atomic E-state index is 13.2. The Bertz CT molecular complexity index is 609. The highest BCUT2D eigenvalue weighted by Crippen LogP contribution is 2.25. The second-order valence-electron chi connectivity index (χ2n) is 3.72. The lowest BCUT2D eigenvalue weighted by Crippen LogP contribution is -2.29. The maximum absolute atomic E-state index is 13.2. The normalized spacial score (nSPS) is 11.5. The Hall–Kier alpha value is -1.23. The molecule has 0 spiro atoms. The number of nitrogens with two attached hydrogens (primary N) is 2. The van der Waals surface area contributed by atoms with Crippen molar-refractivity contribution in [2.75, 3.05) is 25.5 Å². The monoisotopic (exact) mass is 369 g/mol. The first-order chi connectivity index (χ1) is 9.24. The van der Waals surface area contributed by atoms with Gasteiger partial charge >= 0.3 is 0 Å². The number of ether oxygens (including phenoxy) is 1. The number of hydrogen-bond acceptors (Lipinski definition) is 5. The molecule has 0 aliphatic carbocycles. The van der Waals surface area contributed by atoms with Crippen molar-refractivity contribution in [1.82, 2.24) is 4.72 Å². The Morgan fingerprint density at radius 2 is 2.10 bits per heavy atom. The molecule has 20 heavy (non-hydrogen) atoms. The highest BCUT2D eigenvalue weighted by molar-refractivity contribution is 9.10. The lowest BCUT2D eigenvalue weighted by atomic mass is 10.3. The standard InChI is InChI=1S/C10H13BrFN3O4S/c11-6-3-9(8(13)4-7(6)12)20(17,18)15-1-2-19-5-10(14)16/h3-4,15H,1-2,5,13H2,(H2,14,16). The predicted octanol–water partition coefficient (Wildman–Crippen LogP) is -0.0494. The average Bonchev–Trinajstić information content (AvgIpc) is 2.32. The van der Waals surface area contributed by atoms with Crippen molar-refractivity contribution in [2.24, 2.45) is 5.73 Å². The summed E-state index contributed by atoms with van der Waals surface area (Å²) in [6, 6.07) is 1.97. The number of hydrogen-bond donors (Lipinski definition) is 3. The van der Waals surface area contributed by atoms with E-state index in [9.17, 15) is 17.6 Å². The van der Waals surface area contributed by atoms with Crippen molar-refractivity contribution < 1.29 is 22.3 Å². The molecule has 0 aliphatic rings. The van der Waals surface area contributed by atoms with Crippen LogP contribution in [0.3, 0.4) is 0 Å². The van der Waals surface area contributed by atoms with E-state index < -0.39 is 21.7 Å². The fourth-order valence-electron chi connectivity index (χ4n) is 1.28. The summed E-state index contributed by atoms with van der Waals surface area (Å²) in [4.78, 5) is 10.1. The van der Waals surface area contributed by atoms with Gasteiger partial charge in [0.2, 0.25) is 15.9 Å². The van der Waals surface area contributed by atoms with Crippen molar-refractivity contribution in [1.29, 1.82) is 0 Å². The predicted molar refractivity (Wildman–Crippen MR) is 73.7 cm³/mol. The highest BCUT2D eigenvalue weighted by Gasteiger charge is 2.19. The van der Waals surface area contributed by atoms with Crippen LogP contribution in [0.15, 0.2) is 21.5 Å². The fraction of sp³-hybridized carbons (Fsp3) is 0.300. The van der Waals surface area contributed by atoms with Crippen LogP contribution < -0.4 is 16.2 Å². The van der Waals surface area contributed by atoms with Crippen molar-refractivity contribution in [3.63, 3.8) is 0 Å². The lowest BCUT2D eigenvalue weighted by Gasteiger charge is -2.10. The molecular formula is C10H13BrFN3O4S. The summed E-state index contributed by atoms with van der Waals surface area (Å²) in [6.45, 7) is -0.416. The number of carbonyl (C=O) groups is 1. The molecule has 0 aliphatic heterocycles. The van der Waals surface area contributed by atoms with Crippen LogP contribution in [0.25, 0.3) is 0 Å². The molecule has 0 saturated carbocycles. The average molecular weight is 370 g/mol. The zero-order chi connectivity index (χ0) is 15.3. The number of anilines is 1. The fourth-order valence-corrected chi connectivity index (χ4v) is 2.92. The van der Waals surface area contributed by atoms with Gasteiger partial charge in [0.25, 0.3) is 0 Å². The molecule has 1 aromatic carbocycles. The largest absolute Gasteiger partial charge is 0.398 e. The maximum Gasteiger partial charge on any atom is 0.243 e. The summed E-state index contributed by atoms with van der Waals surface area (Å²) in [7, 11) is -3.90. The van der Waals surface area contributed by atoms with Crippen LogP contribution in [0.1, 0.15) is 0 Å². The zero-order valence-electron chi connectivity index (χ0n) is 10.2. The summed E-state index contributed by atoms with van der Waals surface area (Å²) < 4.78 is 44.0. The molecule has 0 heterocycles. The van der Waals surface area contributed by atoms with Gasteiger partial charge in [0, 0.05) is 6.54 Å². The number of amides is 1. The van der Waals surface area contributed by atoms with Crippen LogP contribution in [-0.2, 0) is 19.6 Å². The Labute approximate surface area is 123 Å². The summed E-state index contributed by atoms with van der Waals surface area (Å²) >= 11 is 2.88. The van der Waals surface area contributed by atoms with Gasteiger partial charge < -0.3 is 16.2 Å². The number of benzene rings is 1. The third-order valence-electron chi connectivity index (χ3n) is 2.13. The molecule has 0 aromatic heterocycles. The Kier molecular flexibility index (Phi) is 5.87. The first kappa shape index (κ1) is 16.8. The van der Waals surface area contributed by atoms with Gasteiger partial charge in [-0.3, -0.25) is 4.79 Å². The van der Waals surface area contributed by atoms with E-state index in [1.54, 1.807) is 0 Å². The molecule has 10 heteroatoms.